The summed E-state index contributed by atoms with van der Waals surface area (Å²) in [6.45, 7) is -6.93. The zero-order valence-corrected chi connectivity index (χ0v) is 66.1. The van der Waals surface area contributed by atoms with Crippen molar-refractivity contribution < 1.29 is 257 Å². The maximum atomic E-state index is 13.2. The van der Waals surface area contributed by atoms with Gasteiger partial charge in [0.05, 0.1) is 83.8 Å². The fourth-order valence-corrected chi connectivity index (χ4v) is 15.7. The number of nitrogens with one attached hydrogen (secondary N) is 4. The van der Waals surface area contributed by atoms with Crippen LogP contribution in [0.2, 0.25) is 0 Å². The molecule has 9 aliphatic rings. The van der Waals surface area contributed by atoms with Gasteiger partial charge in [0.2, 0.25) is 23.6 Å². The van der Waals surface area contributed by atoms with Crippen LogP contribution in [0.25, 0.3) is 0 Å². The summed E-state index contributed by atoms with van der Waals surface area (Å²) in [7, 11) is 0. The number of carboxylic acid groups (broad SMARTS) is 2. The second kappa shape index (κ2) is 43.9. The predicted molar refractivity (Wildman–Crippen MR) is 378 cm³/mol. The van der Waals surface area contributed by atoms with E-state index in [-0.39, 0.29) is 0 Å². The highest BCUT2D eigenvalue weighted by atomic mass is 16.8. The number of amides is 4. The quantitative estimate of drug-likeness (QED) is 0.0280. The first kappa shape index (κ1) is 103. The third-order valence-electron chi connectivity index (χ3n) is 22.3. The van der Waals surface area contributed by atoms with Gasteiger partial charge in [-0.3, -0.25) is 19.2 Å². The van der Waals surface area contributed by atoms with Crippen LogP contribution in [0.5, 0.6) is 0 Å². The third-order valence-corrected chi connectivity index (χ3v) is 22.3. The molecule has 9 fully saturated rings. The fraction of sp³-hybridized carbons (Fsp3) is 0.912. The highest BCUT2D eigenvalue weighted by Crippen LogP contribution is 2.43. The Labute approximate surface area is 699 Å². The Balaban J connectivity index is 0.906. The molecule has 0 saturated carbocycles. The van der Waals surface area contributed by atoms with E-state index in [9.17, 15) is 177 Å². The van der Waals surface area contributed by atoms with Crippen molar-refractivity contribution >= 4 is 35.6 Å². The van der Waals surface area contributed by atoms with Crippen molar-refractivity contribution in [1.82, 2.24) is 21.3 Å². The molecule has 0 radical (unpaired) electrons. The molecule has 9 saturated heterocycles. The molecule has 0 aliphatic carbocycles. The van der Waals surface area contributed by atoms with Crippen molar-refractivity contribution in [3.8, 4) is 0 Å². The Bertz CT molecular complexity index is 3450. The second-order valence-electron chi connectivity index (χ2n) is 31.1. The Kier molecular flexibility index (Phi) is 36.4. The first-order valence-corrected chi connectivity index (χ1v) is 38.9. The van der Waals surface area contributed by atoms with Gasteiger partial charge >= 0.3 is 11.9 Å². The Morgan fingerprint density at radius 1 is 0.339 bits per heavy atom. The van der Waals surface area contributed by atoms with Crippen molar-refractivity contribution in [2.24, 2.45) is 0 Å². The number of aliphatic hydroxyl groups excluding tert-OH is 27. The van der Waals surface area contributed by atoms with Crippen molar-refractivity contribution in [2.75, 3.05) is 59.5 Å². The number of hydrogen-bond donors (Lipinski definition) is 33. The normalized spacial score (nSPS) is 46.3. The largest absolute Gasteiger partial charge is 0.477 e. The van der Waals surface area contributed by atoms with E-state index in [4.69, 9.17) is 80.5 Å². The molecule has 0 bridgehead atoms. The molecule has 0 aromatic carbocycles. The van der Waals surface area contributed by atoms with Crippen molar-refractivity contribution in [3.05, 3.63) is 0 Å². The van der Waals surface area contributed by atoms with Crippen LogP contribution in [0.1, 0.15) is 40.5 Å². The average molecular weight is 1820 g/mol. The van der Waals surface area contributed by atoms with Gasteiger partial charge in [0, 0.05) is 40.5 Å². The van der Waals surface area contributed by atoms with Crippen LogP contribution < -0.4 is 21.3 Å². The molecule has 9 heterocycles. The summed E-state index contributed by atoms with van der Waals surface area (Å²) in [4.78, 5) is 76.3. The smallest absolute Gasteiger partial charge is 0.364 e. The zero-order chi connectivity index (χ0) is 92.1. The SMILES string of the molecule is CC(=O)N[C@H]1[C@@H](O[C@H]2C(O)[C@H](O)[C@@H](CO)O[C@@H]2O[C@H]2[C@@H](O)[C@H](O)O[C@H](CO[C@@H]3O[C@@H](CO)[C@H](O)[C@H](O)[C@@H]3O[C@H]3O[C@@H](CO)[C@H](O[C@H]4O[C@@H](CO)[C@@H](O)[C@H](O[C@]5(C(=O)O)C[C@H](O)[C@@H](NC(C)=O)[C@@H]([C@H](O)[C@@H](O)CO)O5)[C@H]4O)[C@H](O)[C@H]3NC(C)=O)[C@H]2O)O[C@@H](CO)[C@H](O[C@H]2O[C@@H](CO[C@]3(C(=O)O)C[C@H](O)[C@@H](NC(C)=O)[C@@H]([C@@H](O)[C@@H](O)CO)O3)[C@@H](O)[C@H](O)[C@@H]2O)[C@@H]1O. The topological polar surface area (TPSA) is 894 Å². The molecule has 9 aliphatic heterocycles. The lowest BCUT2D eigenvalue weighted by atomic mass is 9.88. The van der Waals surface area contributed by atoms with E-state index in [0.717, 1.165) is 27.7 Å². The molecule has 124 heavy (non-hydrogen) atoms. The minimum Gasteiger partial charge on any atom is -0.477 e. The van der Waals surface area contributed by atoms with Crippen LogP contribution in [0.4, 0.5) is 0 Å². The Morgan fingerprint density at radius 3 is 1.12 bits per heavy atom. The summed E-state index contributed by atoms with van der Waals surface area (Å²) in [5, 5.41) is 329. The van der Waals surface area contributed by atoms with E-state index < -0.39 is 395 Å². The number of aliphatic hydroxyl groups is 27. The highest BCUT2D eigenvalue weighted by Gasteiger charge is 2.64. The molecule has 1 unspecified atom stereocenters. The molecule has 0 aromatic heterocycles. The second-order valence-corrected chi connectivity index (χ2v) is 31.1. The number of ether oxygens (including phenoxy) is 17. The van der Waals surface area contributed by atoms with E-state index in [1.165, 1.54) is 0 Å². The molecule has 33 N–H and O–H groups in total. The number of hydrogen-bond acceptors (Lipinski definition) is 50. The first-order valence-electron chi connectivity index (χ1n) is 38.9. The molecule has 716 valence electrons. The van der Waals surface area contributed by atoms with Gasteiger partial charge in [-0.15, -0.1) is 0 Å². The van der Waals surface area contributed by atoms with Crippen LogP contribution in [0, 0.1) is 0 Å². The fourth-order valence-electron chi connectivity index (χ4n) is 15.7. The van der Waals surface area contributed by atoms with Gasteiger partial charge in [-0.1, -0.05) is 0 Å². The van der Waals surface area contributed by atoms with E-state index in [1.54, 1.807) is 0 Å². The molecule has 0 spiro atoms. The van der Waals surface area contributed by atoms with Gasteiger partial charge < -0.3 is 250 Å². The zero-order valence-electron chi connectivity index (χ0n) is 66.1. The lowest BCUT2D eigenvalue weighted by Crippen LogP contribution is -2.71. The molecular formula is C68H112N4O52. The summed E-state index contributed by atoms with van der Waals surface area (Å²) in [5.41, 5.74) is 0. The molecule has 56 heteroatoms. The van der Waals surface area contributed by atoms with Crippen molar-refractivity contribution in [3.63, 3.8) is 0 Å². The van der Waals surface area contributed by atoms with Crippen LogP contribution in [-0.2, 0) is 109 Å². The van der Waals surface area contributed by atoms with Crippen LogP contribution >= 0.6 is 0 Å². The van der Waals surface area contributed by atoms with Crippen LogP contribution in [0.15, 0.2) is 0 Å². The number of carbonyl (C=O) groups excluding carboxylic acids is 4. The lowest BCUT2D eigenvalue weighted by molar-refractivity contribution is -0.393. The molecule has 9 rings (SSSR count). The number of carboxylic acids is 2. The third kappa shape index (κ3) is 22.4. The summed E-state index contributed by atoms with van der Waals surface area (Å²) < 4.78 is 98.6. The minimum absolute atomic E-state index is 0.837. The van der Waals surface area contributed by atoms with Crippen molar-refractivity contribution in [2.45, 2.75) is 328 Å². The Hall–Kier alpha value is -4.94. The van der Waals surface area contributed by atoms with Gasteiger partial charge in [-0.2, -0.15) is 0 Å². The van der Waals surface area contributed by atoms with Crippen LogP contribution in [-0.4, -0.2) is 530 Å². The standard InChI is InChI=1S/C68H112N4O52/c1-16(80)69-31-20(84)5-67(65(104)105,122-52(31)35(88)22(86)7-73)109-15-30-39(92)44(97)47(100)61(116-30)117-50-27(12-78)115-60(34(42(50)95)72-19(4)83)121-57-46(99)38(91)25(10-76)113-64(57)119-54-41(94)29(110-58(103)48(54)101)14-108-63-56(45(98)37(90)24(9-75)112-63)120-59-33(71-18(3)82)43(96)51(28(13-79)114-59)118-62-49(102)55(40(93)26(11-77)111-62)124-68(66(106)107)6-21(85)32(70-17(2)81)53(123-68)36(89)23(87)8-74/h20-64,73-79,84-103H,5-15H2,1-4H3,(H,69,80)(H,70,81)(H,71,82)(H,72,83)(H,104,105)(H,106,107)/t20-,21-,22-,23-,24-,25+,26-,27-,28-,29+,30-,31+,32+,33+,34+,35-,36+,37-,38+,39+,40+,41+,42+,43+,44-,45-,46?,47-,48+,49+,50-,51-,52-,53-,54+,55-,56-,57-,58+,59+,60+,61+,62+,63+,64+,67+,68-/m0/s1. The summed E-state index contributed by atoms with van der Waals surface area (Å²) in [5.74, 6) is -14.3. The Morgan fingerprint density at radius 2 is 0.685 bits per heavy atom. The number of rotatable bonds is 35. The minimum atomic E-state index is -3.28. The maximum Gasteiger partial charge on any atom is 0.364 e. The van der Waals surface area contributed by atoms with Gasteiger partial charge in [-0.25, -0.2) is 9.59 Å². The number of carbonyl (C=O) groups is 6. The molecule has 0 aromatic rings. The molecule has 4 amide bonds. The van der Waals surface area contributed by atoms with Gasteiger partial charge in [0.25, 0.3) is 11.6 Å². The monoisotopic (exact) mass is 1820 g/mol. The predicted octanol–water partition coefficient (Wildman–Crippen LogP) is -21.6. The van der Waals surface area contributed by atoms with E-state index in [1.807, 2.05) is 0 Å². The maximum absolute atomic E-state index is 13.2. The van der Waals surface area contributed by atoms with E-state index in [2.05, 4.69) is 21.3 Å². The van der Waals surface area contributed by atoms with Crippen molar-refractivity contribution in [1.29, 1.82) is 0 Å². The summed E-state index contributed by atoms with van der Waals surface area (Å²) in [6.07, 6.45) is -92.6. The van der Waals surface area contributed by atoms with Gasteiger partial charge in [0.1, 0.15) is 207 Å². The van der Waals surface area contributed by atoms with Crippen LogP contribution in [0.3, 0.4) is 0 Å². The lowest BCUT2D eigenvalue weighted by Gasteiger charge is -2.51. The highest BCUT2D eigenvalue weighted by molar-refractivity contribution is 5.78. The summed E-state index contributed by atoms with van der Waals surface area (Å²) in [6, 6.07) is -7.45. The van der Waals surface area contributed by atoms with E-state index in [0.29, 0.717) is 0 Å². The molecular weight excluding hydrogens is 1700 g/mol. The van der Waals surface area contributed by atoms with E-state index >= 15 is 0 Å². The van der Waals surface area contributed by atoms with Gasteiger partial charge in [-0.05, 0) is 0 Å². The number of aliphatic carboxylic acids is 2. The summed E-state index contributed by atoms with van der Waals surface area (Å²) >= 11 is 0. The van der Waals surface area contributed by atoms with Gasteiger partial charge in [0.15, 0.2) is 44.0 Å². The first-order chi connectivity index (χ1) is 58.3. The molecule has 56 nitrogen and oxygen atoms in total. The molecule has 47 atom stereocenters. The average Bonchev–Trinajstić information content (AvgIpc) is 0.753.